The molecular formula is C16H15F2N3. The molecule has 0 aliphatic carbocycles. The van der Waals surface area contributed by atoms with Gasteiger partial charge in [0.1, 0.15) is 5.82 Å². The summed E-state index contributed by atoms with van der Waals surface area (Å²) >= 11 is 0. The average molecular weight is 287 g/mol. The first-order valence-electron chi connectivity index (χ1n) is 6.76. The Morgan fingerprint density at radius 3 is 2.57 bits per heavy atom. The van der Waals surface area contributed by atoms with E-state index in [1.807, 2.05) is 31.2 Å². The highest BCUT2D eigenvalue weighted by Crippen LogP contribution is 2.16. The molecule has 3 aromatic rings. The zero-order chi connectivity index (χ0) is 14.8. The van der Waals surface area contributed by atoms with E-state index in [1.165, 1.54) is 5.56 Å². The van der Waals surface area contributed by atoms with Gasteiger partial charge in [-0.25, -0.2) is 13.8 Å². The van der Waals surface area contributed by atoms with Crippen molar-refractivity contribution >= 4 is 16.7 Å². The summed E-state index contributed by atoms with van der Waals surface area (Å²) in [6.07, 6.45) is 0.645. The van der Waals surface area contributed by atoms with Gasteiger partial charge in [-0.05, 0) is 19.1 Å². The third-order valence-electron chi connectivity index (χ3n) is 3.32. The summed E-state index contributed by atoms with van der Waals surface area (Å²) in [7, 11) is 0. The summed E-state index contributed by atoms with van der Waals surface area (Å²) < 4.78 is 26.3. The van der Waals surface area contributed by atoms with E-state index in [2.05, 4.69) is 15.3 Å². The zero-order valence-electron chi connectivity index (χ0n) is 11.6. The molecule has 2 aromatic carbocycles. The number of aromatic amines is 1. The number of hydrogen-bond acceptors (Lipinski definition) is 2. The van der Waals surface area contributed by atoms with Crippen molar-refractivity contribution in [1.29, 1.82) is 0 Å². The van der Waals surface area contributed by atoms with Gasteiger partial charge in [0.25, 0.3) is 0 Å². The van der Waals surface area contributed by atoms with Crippen molar-refractivity contribution in [2.24, 2.45) is 0 Å². The normalized spacial score (nSPS) is 11.0. The van der Waals surface area contributed by atoms with Gasteiger partial charge in [0.2, 0.25) is 0 Å². The van der Waals surface area contributed by atoms with Crippen molar-refractivity contribution < 1.29 is 8.78 Å². The fourth-order valence-electron chi connectivity index (χ4n) is 2.17. The van der Waals surface area contributed by atoms with Gasteiger partial charge >= 0.3 is 0 Å². The van der Waals surface area contributed by atoms with Crippen molar-refractivity contribution in [3.63, 3.8) is 0 Å². The Balaban J connectivity index is 1.66. The van der Waals surface area contributed by atoms with E-state index in [0.717, 1.165) is 17.8 Å². The molecule has 0 fully saturated rings. The number of H-pyrrole nitrogens is 1. The van der Waals surface area contributed by atoms with E-state index < -0.39 is 11.6 Å². The van der Waals surface area contributed by atoms with Gasteiger partial charge in [0, 0.05) is 30.8 Å². The third kappa shape index (κ3) is 3.02. The Kier molecular flexibility index (Phi) is 3.56. The molecule has 2 N–H and O–H groups in total. The van der Waals surface area contributed by atoms with E-state index in [1.54, 1.807) is 0 Å². The van der Waals surface area contributed by atoms with E-state index in [-0.39, 0.29) is 0 Å². The largest absolute Gasteiger partial charge is 0.385 e. The number of nitrogens with one attached hydrogen (secondary N) is 2. The molecule has 1 aromatic heterocycles. The minimum absolute atomic E-state index is 0.444. The van der Waals surface area contributed by atoms with Crippen LogP contribution in [0.3, 0.4) is 0 Å². The molecule has 0 atom stereocenters. The number of fused-ring (bicyclic) bond motifs is 1. The smallest absolute Gasteiger partial charge is 0.161 e. The van der Waals surface area contributed by atoms with Crippen LogP contribution in [0.1, 0.15) is 11.4 Å². The second kappa shape index (κ2) is 5.52. The Bertz CT molecular complexity index is 724. The number of halogens is 2. The lowest BCUT2D eigenvalue weighted by atomic mass is 10.2. The monoisotopic (exact) mass is 287 g/mol. The Morgan fingerprint density at radius 2 is 1.81 bits per heavy atom. The third-order valence-corrected chi connectivity index (χ3v) is 3.32. The topological polar surface area (TPSA) is 40.7 Å². The number of hydrogen-bond donors (Lipinski definition) is 2. The van der Waals surface area contributed by atoms with E-state index in [4.69, 9.17) is 0 Å². The predicted octanol–water partition coefficient (Wildman–Crippen LogP) is 3.80. The molecule has 3 rings (SSSR count). The molecule has 108 valence electrons. The molecule has 5 heteroatoms. The Labute approximate surface area is 121 Å². The molecule has 0 aliphatic rings. The van der Waals surface area contributed by atoms with Crippen molar-refractivity contribution in [1.82, 2.24) is 9.97 Å². The van der Waals surface area contributed by atoms with Gasteiger partial charge < -0.3 is 10.3 Å². The first-order valence-corrected chi connectivity index (χ1v) is 6.76. The summed E-state index contributed by atoms with van der Waals surface area (Å²) in [5, 5.41) is 3.28. The van der Waals surface area contributed by atoms with Crippen LogP contribution in [0.25, 0.3) is 11.0 Å². The lowest BCUT2D eigenvalue weighted by Gasteiger charge is -2.05. The zero-order valence-corrected chi connectivity index (χ0v) is 11.6. The summed E-state index contributed by atoms with van der Waals surface area (Å²) in [6, 6.07) is 10.3. The van der Waals surface area contributed by atoms with Crippen LogP contribution in [0, 0.1) is 18.6 Å². The fraction of sp³-hybridized carbons (Fsp3) is 0.188. The summed E-state index contributed by atoms with van der Waals surface area (Å²) in [4.78, 5) is 7.26. The van der Waals surface area contributed by atoms with Gasteiger partial charge in [0.15, 0.2) is 11.6 Å². The van der Waals surface area contributed by atoms with Crippen LogP contribution >= 0.6 is 0 Å². The molecule has 21 heavy (non-hydrogen) atoms. The minimum Gasteiger partial charge on any atom is -0.385 e. The van der Waals surface area contributed by atoms with Gasteiger partial charge in [-0.3, -0.25) is 0 Å². The van der Waals surface area contributed by atoms with Crippen LogP contribution in [0.2, 0.25) is 0 Å². The molecule has 0 saturated heterocycles. The number of aryl methyl sites for hydroxylation is 1. The van der Waals surface area contributed by atoms with Crippen LogP contribution in [-0.2, 0) is 6.42 Å². The van der Waals surface area contributed by atoms with Gasteiger partial charge in [-0.2, -0.15) is 0 Å². The van der Waals surface area contributed by atoms with Crippen molar-refractivity contribution in [2.75, 3.05) is 11.9 Å². The highest BCUT2D eigenvalue weighted by atomic mass is 19.2. The Hall–Kier alpha value is -2.43. The maximum atomic E-state index is 13.1. The second-order valence-corrected chi connectivity index (χ2v) is 5.01. The molecule has 0 aliphatic heterocycles. The van der Waals surface area contributed by atoms with Crippen molar-refractivity contribution in [2.45, 2.75) is 13.3 Å². The minimum atomic E-state index is -0.877. The lowest BCUT2D eigenvalue weighted by Crippen LogP contribution is -2.05. The fourth-order valence-corrected chi connectivity index (χ4v) is 2.17. The standard InChI is InChI=1S/C16H15F2N3/c1-10-2-4-11(5-3-10)19-7-6-16-20-14-8-12(17)13(18)9-15(14)21-16/h2-5,8-9,19H,6-7H2,1H3,(H,20,21). The molecule has 3 nitrogen and oxygen atoms in total. The lowest BCUT2D eigenvalue weighted by molar-refractivity contribution is 0.510. The van der Waals surface area contributed by atoms with E-state index in [9.17, 15) is 8.78 Å². The molecule has 0 radical (unpaired) electrons. The second-order valence-electron chi connectivity index (χ2n) is 5.01. The van der Waals surface area contributed by atoms with Crippen molar-refractivity contribution in [3.8, 4) is 0 Å². The van der Waals surface area contributed by atoms with Gasteiger partial charge in [-0.15, -0.1) is 0 Å². The van der Waals surface area contributed by atoms with Gasteiger partial charge in [0.05, 0.1) is 11.0 Å². The SMILES string of the molecule is Cc1ccc(NCCc2nc3cc(F)c(F)cc3[nH]2)cc1. The molecular weight excluding hydrogens is 272 g/mol. The molecule has 0 saturated carbocycles. The molecule has 0 unspecified atom stereocenters. The van der Waals surface area contributed by atoms with E-state index >= 15 is 0 Å². The first kappa shape index (κ1) is 13.5. The average Bonchev–Trinajstić information content (AvgIpc) is 2.83. The number of imidazole rings is 1. The van der Waals surface area contributed by atoms with Crippen LogP contribution in [0.4, 0.5) is 14.5 Å². The molecule has 0 amide bonds. The molecule has 0 spiro atoms. The van der Waals surface area contributed by atoms with Crippen LogP contribution in [-0.4, -0.2) is 16.5 Å². The molecule has 0 bridgehead atoms. The van der Waals surface area contributed by atoms with Gasteiger partial charge in [-0.1, -0.05) is 17.7 Å². The predicted molar refractivity (Wildman–Crippen MR) is 79.4 cm³/mol. The maximum Gasteiger partial charge on any atom is 0.161 e. The number of benzene rings is 2. The number of rotatable bonds is 4. The van der Waals surface area contributed by atoms with Crippen molar-refractivity contribution in [3.05, 3.63) is 59.4 Å². The highest BCUT2D eigenvalue weighted by molar-refractivity contribution is 5.75. The number of anilines is 1. The van der Waals surface area contributed by atoms with E-state index in [0.29, 0.717) is 29.8 Å². The first-order chi connectivity index (χ1) is 10.1. The quantitative estimate of drug-likeness (QED) is 0.766. The summed E-state index contributed by atoms with van der Waals surface area (Å²) in [5.41, 5.74) is 3.20. The number of aromatic nitrogens is 2. The molecule has 1 heterocycles. The van der Waals surface area contributed by atoms with Crippen LogP contribution < -0.4 is 5.32 Å². The summed E-state index contributed by atoms with van der Waals surface area (Å²) in [6.45, 7) is 2.73. The Morgan fingerprint density at radius 1 is 1.10 bits per heavy atom. The summed E-state index contributed by atoms with van der Waals surface area (Å²) in [5.74, 6) is -1.04. The van der Waals surface area contributed by atoms with Crippen LogP contribution in [0.15, 0.2) is 36.4 Å². The maximum absolute atomic E-state index is 13.1. The van der Waals surface area contributed by atoms with Crippen LogP contribution in [0.5, 0.6) is 0 Å². The highest BCUT2D eigenvalue weighted by Gasteiger charge is 2.08. The number of nitrogens with zero attached hydrogens (tertiary/aromatic N) is 1.